The molecule has 0 bridgehead atoms. The second-order valence-electron chi connectivity index (χ2n) is 7.77. The van der Waals surface area contributed by atoms with Gasteiger partial charge in [0.15, 0.2) is 0 Å². The third-order valence-corrected chi connectivity index (χ3v) is 5.80. The number of aliphatic hydroxyl groups excluding tert-OH is 1. The van der Waals surface area contributed by atoms with Crippen LogP contribution in [0.4, 0.5) is 0 Å². The average molecular weight is 383 g/mol. The lowest BCUT2D eigenvalue weighted by Gasteiger charge is -2.32. The van der Waals surface area contributed by atoms with Crippen LogP contribution in [0.5, 0.6) is 0 Å². The van der Waals surface area contributed by atoms with Crippen LogP contribution in [-0.2, 0) is 11.2 Å². The minimum Gasteiger partial charge on any atom is -0.394 e. The van der Waals surface area contributed by atoms with Gasteiger partial charge in [0.1, 0.15) is 0 Å². The fourth-order valence-electron chi connectivity index (χ4n) is 4.30. The number of rotatable bonds is 6. The molecule has 0 aliphatic carbocycles. The van der Waals surface area contributed by atoms with Gasteiger partial charge in [-0.3, -0.25) is 4.79 Å². The van der Waals surface area contributed by atoms with Gasteiger partial charge in [0.05, 0.1) is 12.6 Å². The lowest BCUT2D eigenvalue weighted by atomic mass is 9.97. The maximum Gasteiger partial charge on any atom is 0.226 e. The van der Waals surface area contributed by atoms with E-state index in [2.05, 4.69) is 48.5 Å². The Labute approximate surface area is 172 Å². The van der Waals surface area contributed by atoms with E-state index in [-0.39, 0.29) is 30.5 Å². The molecule has 0 aromatic heterocycles. The van der Waals surface area contributed by atoms with E-state index in [0.29, 0.717) is 0 Å². The first kappa shape index (κ1) is 19.2. The lowest BCUT2D eigenvalue weighted by molar-refractivity contribution is -0.135. The van der Waals surface area contributed by atoms with Crippen molar-refractivity contribution in [1.82, 2.24) is 4.90 Å². The molecule has 3 aromatic rings. The summed E-state index contributed by atoms with van der Waals surface area (Å²) in [7, 11) is 0. The molecule has 0 saturated carbocycles. The smallest absolute Gasteiger partial charge is 0.226 e. The Morgan fingerprint density at radius 1 is 1.03 bits per heavy atom. The standard InChI is InChI=1S/C26H25NO2/c1-19-16-24(27(26(19)29)25(18-28)23-10-6-3-7-11-23)17-20-12-14-22(15-13-20)21-8-4-2-5-9-21/h2,4-6,8-15,19,24-25,28H,16-18H2,1H3/t19-,24+,25+/m1/s1. The minimum absolute atomic E-state index is 0.0307. The fraction of sp³-hybridized carbons (Fsp3) is 0.269. The summed E-state index contributed by atoms with van der Waals surface area (Å²) in [5.41, 5.74) is 4.48. The largest absolute Gasteiger partial charge is 0.394 e. The molecular weight excluding hydrogens is 358 g/mol. The van der Waals surface area contributed by atoms with Crippen LogP contribution in [0.3, 0.4) is 0 Å². The van der Waals surface area contributed by atoms with Gasteiger partial charge in [0.25, 0.3) is 0 Å². The number of carbonyl (C=O) groups is 1. The summed E-state index contributed by atoms with van der Waals surface area (Å²) in [5.74, 6) is 0.0830. The molecule has 1 aliphatic heterocycles. The molecule has 3 atom stereocenters. The van der Waals surface area contributed by atoms with Crippen LogP contribution < -0.4 is 0 Å². The maximum atomic E-state index is 12.9. The van der Waals surface area contributed by atoms with Crippen LogP contribution in [0.1, 0.15) is 30.5 Å². The molecule has 3 aromatic carbocycles. The number of amides is 1. The lowest BCUT2D eigenvalue weighted by Crippen LogP contribution is -2.40. The minimum atomic E-state index is -0.341. The molecule has 1 heterocycles. The number of benzene rings is 2. The van der Waals surface area contributed by atoms with Crippen LogP contribution in [0.2, 0.25) is 0 Å². The third-order valence-electron chi connectivity index (χ3n) is 5.80. The zero-order chi connectivity index (χ0) is 20.2. The molecule has 1 aliphatic rings. The van der Waals surface area contributed by atoms with Gasteiger partial charge in [-0.05, 0) is 53.3 Å². The van der Waals surface area contributed by atoms with Crippen molar-refractivity contribution in [2.75, 3.05) is 6.61 Å². The predicted molar refractivity (Wildman–Crippen MR) is 114 cm³/mol. The van der Waals surface area contributed by atoms with E-state index in [4.69, 9.17) is 0 Å². The van der Waals surface area contributed by atoms with Crippen molar-refractivity contribution in [2.24, 2.45) is 5.92 Å². The van der Waals surface area contributed by atoms with Crippen molar-refractivity contribution in [3.8, 4) is 11.1 Å². The molecule has 3 nitrogen and oxygen atoms in total. The Balaban J connectivity index is 1.56. The molecule has 1 saturated heterocycles. The monoisotopic (exact) mass is 383 g/mol. The van der Waals surface area contributed by atoms with Crippen molar-refractivity contribution < 1.29 is 9.90 Å². The average Bonchev–Trinajstić information content (AvgIpc) is 3.04. The molecule has 4 rings (SSSR count). The van der Waals surface area contributed by atoms with Gasteiger partial charge in [-0.15, -0.1) is 0 Å². The highest BCUT2D eigenvalue weighted by molar-refractivity contribution is 5.81. The van der Waals surface area contributed by atoms with E-state index in [9.17, 15) is 9.90 Å². The molecule has 146 valence electrons. The van der Waals surface area contributed by atoms with Crippen LogP contribution in [0, 0.1) is 18.1 Å². The first-order valence-electron chi connectivity index (χ1n) is 10.1. The SMILES string of the molecule is C[C@@H]1C[C@@H](Cc2ccc(-c3ccccc3)cc2)N([C@@H](CO)c2cc#ccc2)C1=O. The number of hydrogen-bond acceptors (Lipinski definition) is 2. The Kier molecular flexibility index (Phi) is 5.64. The molecule has 1 fully saturated rings. The zero-order valence-corrected chi connectivity index (χ0v) is 16.6. The number of nitrogens with zero attached hydrogens (tertiary/aromatic N) is 1. The summed E-state index contributed by atoms with van der Waals surface area (Å²) in [4.78, 5) is 14.8. The van der Waals surface area contributed by atoms with Crippen molar-refractivity contribution >= 4 is 5.91 Å². The quantitative estimate of drug-likeness (QED) is 0.682. The van der Waals surface area contributed by atoms with Crippen LogP contribution >= 0.6 is 0 Å². The summed E-state index contributed by atoms with van der Waals surface area (Å²) in [6.07, 6.45) is 1.59. The van der Waals surface area contributed by atoms with Crippen LogP contribution in [0.15, 0.2) is 72.8 Å². The number of carbonyl (C=O) groups excluding carboxylic acids is 1. The van der Waals surface area contributed by atoms with E-state index < -0.39 is 0 Å². The number of likely N-dealkylation sites (tertiary alicyclic amines) is 1. The first-order valence-corrected chi connectivity index (χ1v) is 10.1. The number of hydrogen-bond donors (Lipinski definition) is 1. The Hall–Kier alpha value is -3.09. The van der Waals surface area contributed by atoms with E-state index >= 15 is 0 Å². The van der Waals surface area contributed by atoms with E-state index in [0.717, 1.165) is 18.4 Å². The van der Waals surface area contributed by atoms with Crippen molar-refractivity contribution in [1.29, 1.82) is 0 Å². The predicted octanol–water partition coefficient (Wildman–Crippen LogP) is 4.47. The van der Waals surface area contributed by atoms with Crippen molar-refractivity contribution in [2.45, 2.75) is 31.8 Å². The highest BCUT2D eigenvalue weighted by Crippen LogP contribution is 2.35. The highest BCUT2D eigenvalue weighted by atomic mass is 16.3. The molecule has 0 spiro atoms. The molecule has 3 heteroatoms. The number of aliphatic hydroxyl groups is 1. The third kappa shape index (κ3) is 4.04. The second kappa shape index (κ2) is 8.51. The van der Waals surface area contributed by atoms with Gasteiger partial charge in [0.2, 0.25) is 5.91 Å². The van der Waals surface area contributed by atoms with Gasteiger partial charge in [-0.1, -0.05) is 73.7 Å². The van der Waals surface area contributed by atoms with E-state index in [1.165, 1.54) is 16.7 Å². The molecule has 1 amide bonds. The molecule has 0 radical (unpaired) electrons. The molecule has 29 heavy (non-hydrogen) atoms. The zero-order valence-electron chi connectivity index (χ0n) is 16.6. The Bertz CT molecular complexity index is 937. The van der Waals surface area contributed by atoms with Crippen molar-refractivity contribution in [3.63, 3.8) is 0 Å². The normalized spacial score (nSPS) is 19.8. The summed E-state index contributed by atoms with van der Waals surface area (Å²) >= 11 is 0. The Morgan fingerprint density at radius 2 is 1.76 bits per heavy atom. The summed E-state index contributed by atoms with van der Waals surface area (Å²) in [6.45, 7) is 1.88. The van der Waals surface area contributed by atoms with Crippen LogP contribution in [0.25, 0.3) is 11.1 Å². The fourth-order valence-corrected chi connectivity index (χ4v) is 4.30. The maximum absolute atomic E-state index is 12.9. The summed E-state index contributed by atoms with van der Waals surface area (Å²) < 4.78 is 0. The molecular formula is C26H25NO2. The summed E-state index contributed by atoms with van der Waals surface area (Å²) in [6, 6.07) is 29.9. The topological polar surface area (TPSA) is 40.5 Å². The first-order chi connectivity index (χ1) is 14.2. The van der Waals surface area contributed by atoms with Gasteiger partial charge >= 0.3 is 0 Å². The van der Waals surface area contributed by atoms with E-state index in [1.807, 2.05) is 42.2 Å². The molecule has 1 N–H and O–H groups in total. The van der Waals surface area contributed by atoms with Gasteiger partial charge in [0, 0.05) is 12.0 Å². The van der Waals surface area contributed by atoms with E-state index in [1.54, 1.807) is 6.07 Å². The van der Waals surface area contributed by atoms with Gasteiger partial charge in [-0.2, -0.15) is 0 Å². The van der Waals surface area contributed by atoms with Crippen LogP contribution in [-0.4, -0.2) is 28.6 Å². The second-order valence-corrected chi connectivity index (χ2v) is 7.77. The van der Waals surface area contributed by atoms with Crippen molar-refractivity contribution in [3.05, 3.63) is 96.1 Å². The highest BCUT2D eigenvalue weighted by Gasteiger charge is 2.41. The van der Waals surface area contributed by atoms with Gasteiger partial charge < -0.3 is 10.0 Å². The van der Waals surface area contributed by atoms with Gasteiger partial charge in [-0.25, -0.2) is 0 Å². The Morgan fingerprint density at radius 3 is 2.41 bits per heavy atom. The summed E-state index contributed by atoms with van der Waals surface area (Å²) in [5, 5.41) is 10.1. The molecule has 0 unspecified atom stereocenters.